The van der Waals surface area contributed by atoms with Gasteiger partial charge in [0.25, 0.3) is 0 Å². The van der Waals surface area contributed by atoms with Crippen LogP contribution in [0.3, 0.4) is 0 Å². The summed E-state index contributed by atoms with van der Waals surface area (Å²) in [6.45, 7) is 6.79. The van der Waals surface area contributed by atoms with Gasteiger partial charge in [0.15, 0.2) is 11.6 Å². The zero-order chi connectivity index (χ0) is 24.2. The fourth-order valence-corrected chi connectivity index (χ4v) is 5.05. The Bertz CT molecular complexity index is 1230. The second-order valence-electron chi connectivity index (χ2n) is 9.07. The predicted molar refractivity (Wildman–Crippen MR) is 143 cm³/mol. The number of carbonyl (C=O) groups is 1. The molecule has 0 spiro atoms. The van der Waals surface area contributed by atoms with Crippen molar-refractivity contribution in [3.05, 3.63) is 95.2 Å². The zero-order valence-electron chi connectivity index (χ0n) is 20.4. The van der Waals surface area contributed by atoms with E-state index in [1.165, 1.54) is 16.8 Å². The molecule has 178 valence electrons. The number of amidine groups is 1. The number of hydrogen-bond donors (Lipinski definition) is 0. The summed E-state index contributed by atoms with van der Waals surface area (Å²) in [5.41, 5.74) is 6.81. The molecule has 5 heteroatoms. The summed E-state index contributed by atoms with van der Waals surface area (Å²) in [7, 11) is 0. The molecule has 0 fully saturated rings. The first kappa shape index (κ1) is 22.9. The first-order chi connectivity index (χ1) is 17.1. The van der Waals surface area contributed by atoms with E-state index in [-0.39, 0.29) is 18.3 Å². The van der Waals surface area contributed by atoms with Crippen LogP contribution in [0.1, 0.15) is 36.5 Å². The van der Waals surface area contributed by atoms with Crippen LogP contribution in [0.25, 0.3) is 6.08 Å². The van der Waals surface area contributed by atoms with Crippen molar-refractivity contribution < 1.29 is 9.53 Å². The number of nitrogens with zero attached hydrogens (tertiary/aromatic N) is 3. The van der Waals surface area contributed by atoms with Gasteiger partial charge in [0.1, 0.15) is 6.61 Å². The average molecular weight is 466 g/mol. The monoisotopic (exact) mass is 465 g/mol. The molecule has 5 rings (SSSR count). The maximum absolute atomic E-state index is 13.1. The Hall–Kier alpha value is -3.86. The van der Waals surface area contributed by atoms with Crippen molar-refractivity contribution in [2.75, 3.05) is 29.5 Å². The van der Waals surface area contributed by atoms with Crippen LogP contribution in [0.2, 0.25) is 0 Å². The highest BCUT2D eigenvalue weighted by molar-refractivity contribution is 6.14. The Morgan fingerprint density at radius 3 is 2.34 bits per heavy atom. The molecule has 0 radical (unpaired) electrons. The largest absolute Gasteiger partial charge is 0.480 e. The first-order valence-electron chi connectivity index (χ1n) is 12.4. The van der Waals surface area contributed by atoms with Crippen LogP contribution in [0.4, 0.5) is 17.1 Å². The van der Waals surface area contributed by atoms with Crippen LogP contribution in [-0.2, 0) is 16.0 Å². The number of amides is 1. The predicted octanol–water partition coefficient (Wildman–Crippen LogP) is 6.29. The number of rotatable bonds is 5. The van der Waals surface area contributed by atoms with E-state index in [9.17, 15) is 4.79 Å². The highest BCUT2D eigenvalue weighted by atomic mass is 16.5. The van der Waals surface area contributed by atoms with Crippen molar-refractivity contribution >= 4 is 34.9 Å². The fraction of sp³-hybridized carbons (Fsp3) is 0.267. The quantitative estimate of drug-likeness (QED) is 0.415. The molecular weight excluding hydrogens is 434 g/mol. The van der Waals surface area contributed by atoms with Crippen molar-refractivity contribution in [3.63, 3.8) is 0 Å². The lowest BCUT2D eigenvalue weighted by Gasteiger charge is -2.33. The first-order valence-corrected chi connectivity index (χ1v) is 12.4. The summed E-state index contributed by atoms with van der Waals surface area (Å²) in [4.78, 5) is 22.0. The lowest BCUT2D eigenvalue weighted by atomic mass is 9.95. The number of carbonyl (C=O) groups excluding carboxylic acids is 1. The Balaban J connectivity index is 1.45. The van der Waals surface area contributed by atoms with Gasteiger partial charge in [-0.1, -0.05) is 43.3 Å². The van der Waals surface area contributed by atoms with E-state index in [0.717, 1.165) is 49.3 Å². The van der Waals surface area contributed by atoms with Crippen molar-refractivity contribution in [2.24, 2.45) is 4.99 Å². The summed E-state index contributed by atoms with van der Waals surface area (Å²) >= 11 is 0. The third kappa shape index (κ3) is 4.85. The number of anilines is 3. The van der Waals surface area contributed by atoms with Gasteiger partial charge in [0, 0.05) is 30.2 Å². The van der Waals surface area contributed by atoms with E-state index in [0.29, 0.717) is 5.84 Å². The number of hydrogen-bond acceptors (Lipinski definition) is 4. The Morgan fingerprint density at radius 1 is 1.03 bits per heavy atom. The average Bonchev–Trinajstić information content (AvgIpc) is 2.87. The molecule has 2 aliphatic heterocycles. The van der Waals surface area contributed by atoms with Gasteiger partial charge in [0.2, 0.25) is 0 Å². The van der Waals surface area contributed by atoms with Crippen molar-refractivity contribution in [1.29, 1.82) is 0 Å². The highest BCUT2D eigenvalue weighted by Crippen LogP contribution is 2.33. The van der Waals surface area contributed by atoms with Gasteiger partial charge < -0.3 is 9.64 Å². The van der Waals surface area contributed by atoms with Crippen LogP contribution in [0, 0.1) is 6.92 Å². The molecule has 0 unspecified atom stereocenters. The fourth-order valence-electron chi connectivity index (χ4n) is 5.05. The van der Waals surface area contributed by atoms with Crippen molar-refractivity contribution in [2.45, 2.75) is 33.1 Å². The van der Waals surface area contributed by atoms with E-state index in [1.54, 1.807) is 0 Å². The minimum Gasteiger partial charge on any atom is -0.480 e. The number of aliphatic imine (C=N–C) groups is 1. The van der Waals surface area contributed by atoms with E-state index in [1.807, 2.05) is 71.6 Å². The molecule has 3 aromatic rings. The Morgan fingerprint density at radius 2 is 1.71 bits per heavy atom. The van der Waals surface area contributed by atoms with E-state index < -0.39 is 0 Å². The van der Waals surface area contributed by atoms with E-state index >= 15 is 0 Å². The minimum absolute atomic E-state index is 0.218. The van der Waals surface area contributed by atoms with Crippen LogP contribution in [-0.4, -0.2) is 31.4 Å². The van der Waals surface area contributed by atoms with E-state index in [2.05, 4.69) is 35.9 Å². The van der Waals surface area contributed by atoms with Gasteiger partial charge in [0.05, 0.1) is 0 Å². The molecular formula is C30H31N3O2. The van der Waals surface area contributed by atoms with Crippen molar-refractivity contribution in [1.82, 2.24) is 0 Å². The van der Waals surface area contributed by atoms with Crippen LogP contribution < -0.4 is 9.80 Å². The van der Waals surface area contributed by atoms with E-state index in [4.69, 9.17) is 4.74 Å². The minimum atomic E-state index is -0.355. The lowest BCUT2D eigenvalue weighted by Crippen LogP contribution is -2.34. The zero-order valence-corrected chi connectivity index (χ0v) is 20.4. The van der Waals surface area contributed by atoms with Crippen molar-refractivity contribution in [3.8, 4) is 0 Å². The van der Waals surface area contributed by atoms with Gasteiger partial charge in [-0.3, -0.25) is 9.69 Å². The normalized spacial score (nSPS) is 16.5. The number of aryl methyl sites for hydroxylation is 2. The standard InChI is InChI=1S/C30H31N3O2/c1-3-16-32-17-10-11-24-19-23(18-22(2)29(24)32)20-27-30(34)31-28(21-35-27)33(25-12-6-4-7-13-25)26-14-8-5-9-15-26/h4-9,12-15,18-20H,3,10-11,16-17,21H2,1-2H3/b27-20+. The summed E-state index contributed by atoms with van der Waals surface area (Å²) in [5, 5.41) is 0. The molecule has 1 amide bonds. The lowest BCUT2D eigenvalue weighted by molar-refractivity contribution is -0.117. The van der Waals surface area contributed by atoms with Crippen LogP contribution in [0.15, 0.2) is 83.5 Å². The molecule has 0 saturated heterocycles. The summed E-state index contributed by atoms with van der Waals surface area (Å²) < 4.78 is 6.00. The molecule has 2 heterocycles. The second-order valence-corrected chi connectivity index (χ2v) is 9.07. The Kier molecular flexibility index (Phi) is 6.66. The Labute approximate surface area is 207 Å². The second kappa shape index (κ2) is 10.2. The maximum Gasteiger partial charge on any atom is 0.313 e. The highest BCUT2D eigenvalue weighted by Gasteiger charge is 2.26. The molecule has 0 aromatic heterocycles. The topological polar surface area (TPSA) is 45.1 Å². The molecule has 0 atom stereocenters. The summed E-state index contributed by atoms with van der Waals surface area (Å²) in [6, 6.07) is 24.2. The van der Waals surface area contributed by atoms with Gasteiger partial charge >= 0.3 is 5.91 Å². The maximum atomic E-state index is 13.1. The summed E-state index contributed by atoms with van der Waals surface area (Å²) in [5.74, 6) is 0.503. The molecule has 0 aliphatic carbocycles. The van der Waals surface area contributed by atoms with Gasteiger partial charge in [-0.25, -0.2) is 0 Å². The molecule has 5 nitrogen and oxygen atoms in total. The molecule has 2 aliphatic rings. The number of ether oxygens (including phenoxy) is 1. The third-order valence-corrected chi connectivity index (χ3v) is 6.47. The van der Waals surface area contributed by atoms with Gasteiger partial charge in [-0.15, -0.1) is 0 Å². The number of fused-ring (bicyclic) bond motifs is 1. The smallest absolute Gasteiger partial charge is 0.313 e. The van der Waals surface area contributed by atoms with Gasteiger partial charge in [-0.05, 0) is 85.4 Å². The molecule has 0 saturated carbocycles. The third-order valence-electron chi connectivity index (χ3n) is 6.47. The molecule has 3 aromatic carbocycles. The van der Waals surface area contributed by atoms with Gasteiger partial charge in [-0.2, -0.15) is 4.99 Å². The SMILES string of the molecule is CCCN1CCCc2cc(/C=C3/OCC(N(c4ccccc4)c4ccccc4)=NC3=O)cc(C)c21. The summed E-state index contributed by atoms with van der Waals surface area (Å²) in [6.07, 6.45) is 5.19. The molecule has 0 N–H and O–H groups in total. The molecule has 0 bridgehead atoms. The number of benzene rings is 3. The van der Waals surface area contributed by atoms with Crippen LogP contribution in [0.5, 0.6) is 0 Å². The molecule has 35 heavy (non-hydrogen) atoms. The van der Waals surface area contributed by atoms with Crippen LogP contribution >= 0.6 is 0 Å². The number of para-hydroxylation sites is 2.